The lowest BCUT2D eigenvalue weighted by Gasteiger charge is -1.94. The predicted molar refractivity (Wildman–Crippen MR) is 52.8 cm³/mol. The summed E-state index contributed by atoms with van der Waals surface area (Å²) >= 11 is 0. The van der Waals surface area contributed by atoms with Gasteiger partial charge in [0.15, 0.2) is 10.7 Å². The quantitative estimate of drug-likeness (QED) is 0.494. The van der Waals surface area contributed by atoms with Gasteiger partial charge in [-0.2, -0.15) is 0 Å². The topological polar surface area (TPSA) is 34.1 Å². The van der Waals surface area contributed by atoms with E-state index in [4.69, 9.17) is 0 Å². The molecule has 0 aliphatic rings. The molecule has 2 nitrogen and oxygen atoms in total. The van der Waals surface area contributed by atoms with Crippen molar-refractivity contribution in [1.29, 1.82) is 0 Å². The van der Waals surface area contributed by atoms with Crippen LogP contribution in [0, 0.1) is 0 Å². The van der Waals surface area contributed by atoms with Crippen LogP contribution in [0.25, 0.3) is 0 Å². The summed E-state index contributed by atoms with van der Waals surface area (Å²) in [5.41, 5.74) is 0. The van der Waals surface area contributed by atoms with Crippen molar-refractivity contribution < 1.29 is 8.42 Å². The largest absolute Gasteiger partial charge is 0.227 e. The van der Waals surface area contributed by atoms with Gasteiger partial charge in [0.05, 0.1) is 0 Å². The molecule has 0 saturated carbocycles. The van der Waals surface area contributed by atoms with Gasteiger partial charge in [0, 0.05) is 5.41 Å². The monoisotopic (exact) mass is 190 g/mol. The van der Waals surface area contributed by atoms with Crippen molar-refractivity contribution in [2.75, 3.05) is 0 Å². The van der Waals surface area contributed by atoms with Crippen molar-refractivity contribution in [1.82, 2.24) is 0 Å². The molecule has 0 aromatic rings. The van der Waals surface area contributed by atoms with E-state index in [9.17, 15) is 8.42 Å². The molecule has 0 aromatic carbocycles. The first-order valence-electron chi connectivity index (χ1n) is 4.57. The molecule has 0 aliphatic carbocycles. The zero-order valence-corrected chi connectivity index (χ0v) is 8.56. The Morgan fingerprint density at radius 2 is 1.75 bits per heavy atom. The van der Waals surface area contributed by atoms with Gasteiger partial charge < -0.3 is 0 Å². The maximum atomic E-state index is 10.1. The van der Waals surface area contributed by atoms with E-state index in [1.165, 1.54) is 31.1 Å². The van der Waals surface area contributed by atoms with E-state index in [1.54, 1.807) is 6.08 Å². The van der Waals surface area contributed by atoms with Gasteiger partial charge in [-0.15, -0.1) is 0 Å². The molecule has 0 fully saturated rings. The predicted octanol–water partition coefficient (Wildman–Crippen LogP) is 2.47. The van der Waals surface area contributed by atoms with Crippen LogP contribution in [0.3, 0.4) is 0 Å². The van der Waals surface area contributed by atoms with Gasteiger partial charge in [-0.3, -0.25) is 0 Å². The summed E-state index contributed by atoms with van der Waals surface area (Å²) in [5.74, 6) is 0. The van der Waals surface area contributed by atoms with Crippen LogP contribution < -0.4 is 0 Å². The van der Waals surface area contributed by atoms with Crippen molar-refractivity contribution in [3.05, 3.63) is 11.5 Å². The fourth-order valence-corrected chi connectivity index (χ4v) is 1.35. The van der Waals surface area contributed by atoms with E-state index in [2.05, 4.69) is 6.92 Å². The molecule has 0 rings (SSSR count). The second-order valence-corrected chi connectivity index (χ2v) is 3.74. The first-order chi connectivity index (χ1) is 5.77. The minimum absolute atomic E-state index is 0.896. The standard InChI is InChI=1S/C9H18O2S/c1-2-3-4-5-6-7-8-9-12(10)11/h8-9,12H,2-7H2,1H3. The second kappa shape index (κ2) is 8.78. The van der Waals surface area contributed by atoms with E-state index in [0.29, 0.717) is 0 Å². The van der Waals surface area contributed by atoms with Crippen LogP contribution in [0.4, 0.5) is 0 Å². The fourth-order valence-electron chi connectivity index (χ4n) is 1.03. The summed E-state index contributed by atoms with van der Waals surface area (Å²) in [4.78, 5) is 0. The van der Waals surface area contributed by atoms with E-state index < -0.39 is 10.7 Å². The van der Waals surface area contributed by atoms with Gasteiger partial charge in [-0.1, -0.05) is 38.7 Å². The van der Waals surface area contributed by atoms with E-state index in [0.717, 1.165) is 12.8 Å². The summed E-state index contributed by atoms with van der Waals surface area (Å²) < 4.78 is 20.2. The number of hydrogen-bond acceptors (Lipinski definition) is 2. The molecule has 0 aliphatic heterocycles. The Kier molecular flexibility index (Phi) is 8.56. The molecule has 0 saturated heterocycles. The molecule has 0 radical (unpaired) electrons. The second-order valence-electron chi connectivity index (χ2n) is 2.87. The molecule has 0 spiro atoms. The summed E-state index contributed by atoms with van der Waals surface area (Å²) in [5, 5.41) is 1.26. The molecule has 0 atom stereocenters. The third-order valence-electron chi connectivity index (χ3n) is 1.70. The number of hydrogen-bond donors (Lipinski definition) is 1. The Morgan fingerprint density at radius 3 is 2.33 bits per heavy atom. The van der Waals surface area contributed by atoms with Gasteiger partial charge in [-0.25, -0.2) is 8.42 Å². The van der Waals surface area contributed by atoms with Gasteiger partial charge in [0.25, 0.3) is 0 Å². The van der Waals surface area contributed by atoms with Gasteiger partial charge in [-0.05, 0) is 12.8 Å². The third kappa shape index (κ3) is 9.69. The fraction of sp³-hybridized carbons (Fsp3) is 0.778. The van der Waals surface area contributed by atoms with Crippen LogP contribution in [0.2, 0.25) is 0 Å². The van der Waals surface area contributed by atoms with Gasteiger partial charge in [0.2, 0.25) is 0 Å². The van der Waals surface area contributed by atoms with Crippen molar-refractivity contribution >= 4 is 10.7 Å². The summed E-state index contributed by atoms with van der Waals surface area (Å²) in [6.45, 7) is 2.18. The van der Waals surface area contributed by atoms with Crippen LogP contribution in [0.1, 0.15) is 45.4 Å². The average molecular weight is 190 g/mol. The Labute approximate surface area is 76.6 Å². The lowest BCUT2D eigenvalue weighted by atomic mass is 10.1. The van der Waals surface area contributed by atoms with Crippen molar-refractivity contribution in [2.24, 2.45) is 0 Å². The van der Waals surface area contributed by atoms with Gasteiger partial charge in [0.1, 0.15) is 0 Å². The van der Waals surface area contributed by atoms with Crippen LogP contribution in [0.5, 0.6) is 0 Å². The van der Waals surface area contributed by atoms with Crippen LogP contribution in [-0.2, 0) is 10.7 Å². The van der Waals surface area contributed by atoms with Crippen molar-refractivity contribution in [3.63, 3.8) is 0 Å². The highest BCUT2D eigenvalue weighted by Crippen LogP contribution is 2.04. The van der Waals surface area contributed by atoms with Crippen LogP contribution in [-0.4, -0.2) is 8.42 Å². The zero-order valence-electron chi connectivity index (χ0n) is 7.66. The highest BCUT2D eigenvalue weighted by Gasteiger charge is 1.86. The first kappa shape index (κ1) is 11.7. The molecular weight excluding hydrogens is 172 g/mol. The minimum atomic E-state index is -2.31. The van der Waals surface area contributed by atoms with E-state index in [-0.39, 0.29) is 0 Å². The number of rotatable bonds is 7. The molecule has 0 amide bonds. The molecule has 0 heterocycles. The molecule has 0 unspecified atom stereocenters. The number of allylic oxidation sites excluding steroid dienone is 1. The third-order valence-corrected chi connectivity index (χ3v) is 2.16. The SMILES string of the molecule is CCCCCCCC=C[SH](=O)=O. The van der Waals surface area contributed by atoms with Gasteiger partial charge >= 0.3 is 0 Å². The molecule has 12 heavy (non-hydrogen) atoms. The van der Waals surface area contributed by atoms with Crippen molar-refractivity contribution in [3.8, 4) is 0 Å². The molecule has 3 heteroatoms. The highest BCUT2D eigenvalue weighted by molar-refractivity contribution is 7.75. The molecule has 0 bridgehead atoms. The summed E-state index contributed by atoms with van der Waals surface area (Å²) in [6, 6.07) is 0. The molecule has 72 valence electrons. The zero-order chi connectivity index (χ0) is 9.23. The van der Waals surface area contributed by atoms with Crippen molar-refractivity contribution in [2.45, 2.75) is 45.4 Å². The maximum absolute atomic E-state index is 10.1. The number of thiol groups is 1. The van der Waals surface area contributed by atoms with E-state index >= 15 is 0 Å². The Hall–Kier alpha value is -0.310. The Balaban J connectivity index is 3.10. The Bertz CT molecular complexity index is 175. The summed E-state index contributed by atoms with van der Waals surface area (Å²) in [6.07, 6.45) is 8.77. The smallest absolute Gasteiger partial charge is 0.161 e. The normalized spacial score (nSPS) is 11.5. The van der Waals surface area contributed by atoms with Crippen LogP contribution >= 0.6 is 0 Å². The highest BCUT2D eigenvalue weighted by atomic mass is 32.2. The first-order valence-corrected chi connectivity index (χ1v) is 5.82. The molecule has 0 N–H and O–H groups in total. The minimum Gasteiger partial charge on any atom is -0.227 e. The Morgan fingerprint density at radius 1 is 1.08 bits per heavy atom. The molecular formula is C9H18O2S. The molecule has 0 aromatic heterocycles. The van der Waals surface area contributed by atoms with Crippen LogP contribution in [0.15, 0.2) is 11.5 Å². The lowest BCUT2D eigenvalue weighted by Crippen LogP contribution is -1.76. The average Bonchev–Trinajstić information content (AvgIpc) is 2.02. The summed E-state index contributed by atoms with van der Waals surface area (Å²) in [7, 11) is -2.31. The lowest BCUT2D eigenvalue weighted by molar-refractivity contribution is 0.621. The number of unbranched alkanes of at least 4 members (excludes halogenated alkanes) is 5. The van der Waals surface area contributed by atoms with E-state index in [1.807, 2.05) is 0 Å². The maximum Gasteiger partial charge on any atom is 0.161 e.